The standard InChI is InChI=1S/C18H27N3O2/c1-14-9-7-8-12-21(14)17(22)15(2)19-18(23)20(3)13-16-10-5-4-6-11-16/h4-6,10-11,14-15H,7-9,12-13H2,1-3H3,(H,19,23)/t14-,15-/m1/s1. The highest BCUT2D eigenvalue weighted by Crippen LogP contribution is 2.17. The average Bonchev–Trinajstić information content (AvgIpc) is 2.55. The molecule has 1 N–H and O–H groups in total. The molecule has 0 aliphatic carbocycles. The van der Waals surface area contributed by atoms with E-state index in [1.807, 2.05) is 35.2 Å². The summed E-state index contributed by atoms with van der Waals surface area (Å²) in [5.74, 6) is 0.0126. The summed E-state index contributed by atoms with van der Waals surface area (Å²) in [7, 11) is 1.74. The van der Waals surface area contributed by atoms with Gasteiger partial charge < -0.3 is 15.1 Å². The van der Waals surface area contributed by atoms with E-state index in [0.717, 1.165) is 24.9 Å². The van der Waals surface area contributed by atoms with E-state index in [9.17, 15) is 9.59 Å². The van der Waals surface area contributed by atoms with E-state index in [2.05, 4.69) is 12.2 Å². The van der Waals surface area contributed by atoms with Crippen LogP contribution in [-0.4, -0.2) is 47.4 Å². The second-order valence-electron chi connectivity index (χ2n) is 6.39. The lowest BCUT2D eigenvalue weighted by Crippen LogP contribution is -2.53. The Bertz CT molecular complexity index is 532. The second-order valence-corrected chi connectivity index (χ2v) is 6.39. The van der Waals surface area contributed by atoms with E-state index in [0.29, 0.717) is 6.54 Å². The number of piperidine rings is 1. The molecule has 1 aromatic rings. The van der Waals surface area contributed by atoms with Crippen LogP contribution in [0.1, 0.15) is 38.7 Å². The fourth-order valence-electron chi connectivity index (χ4n) is 2.96. The summed E-state index contributed by atoms with van der Waals surface area (Å²) in [6.45, 7) is 5.15. The first-order chi connectivity index (χ1) is 11.0. The van der Waals surface area contributed by atoms with Gasteiger partial charge in [-0.15, -0.1) is 0 Å². The van der Waals surface area contributed by atoms with Gasteiger partial charge in [0.1, 0.15) is 6.04 Å². The van der Waals surface area contributed by atoms with Crippen molar-refractivity contribution in [2.24, 2.45) is 0 Å². The van der Waals surface area contributed by atoms with Gasteiger partial charge in [-0.1, -0.05) is 30.3 Å². The van der Waals surface area contributed by atoms with Crippen LogP contribution in [0.15, 0.2) is 30.3 Å². The third-order valence-corrected chi connectivity index (χ3v) is 4.41. The number of urea groups is 1. The van der Waals surface area contributed by atoms with E-state index in [-0.39, 0.29) is 18.0 Å². The molecule has 5 heteroatoms. The number of carbonyl (C=O) groups excluding carboxylic acids is 2. The zero-order chi connectivity index (χ0) is 16.8. The van der Waals surface area contributed by atoms with Gasteiger partial charge in [-0.05, 0) is 38.7 Å². The Hall–Kier alpha value is -2.04. The van der Waals surface area contributed by atoms with E-state index >= 15 is 0 Å². The molecule has 0 spiro atoms. The van der Waals surface area contributed by atoms with Crippen LogP contribution in [-0.2, 0) is 11.3 Å². The molecule has 0 aromatic heterocycles. The van der Waals surface area contributed by atoms with E-state index < -0.39 is 6.04 Å². The normalized spacial score (nSPS) is 19.1. The fourth-order valence-corrected chi connectivity index (χ4v) is 2.96. The third kappa shape index (κ3) is 4.71. The molecule has 1 aliphatic rings. The molecule has 2 rings (SSSR count). The van der Waals surface area contributed by atoms with Crippen LogP contribution in [0.25, 0.3) is 0 Å². The van der Waals surface area contributed by atoms with E-state index in [1.165, 1.54) is 6.42 Å². The first-order valence-corrected chi connectivity index (χ1v) is 8.35. The van der Waals surface area contributed by atoms with Gasteiger partial charge in [0.25, 0.3) is 0 Å². The summed E-state index contributed by atoms with van der Waals surface area (Å²) in [5.41, 5.74) is 1.06. The van der Waals surface area contributed by atoms with Gasteiger partial charge in [0.05, 0.1) is 0 Å². The van der Waals surface area contributed by atoms with Gasteiger partial charge in [-0.25, -0.2) is 4.79 Å². The summed E-state index contributed by atoms with van der Waals surface area (Å²) in [6.07, 6.45) is 3.26. The first kappa shape index (κ1) is 17.3. The number of nitrogens with zero attached hydrogens (tertiary/aromatic N) is 2. The smallest absolute Gasteiger partial charge is 0.318 e. The molecule has 0 bridgehead atoms. The molecular weight excluding hydrogens is 290 g/mol. The second kappa shape index (κ2) is 7.99. The lowest BCUT2D eigenvalue weighted by molar-refractivity contribution is -0.136. The van der Waals surface area contributed by atoms with Gasteiger partial charge in [0.15, 0.2) is 0 Å². The van der Waals surface area contributed by atoms with Crippen LogP contribution in [0.3, 0.4) is 0 Å². The third-order valence-electron chi connectivity index (χ3n) is 4.41. The van der Waals surface area contributed by atoms with Crippen LogP contribution in [0.2, 0.25) is 0 Å². The van der Waals surface area contributed by atoms with Crippen molar-refractivity contribution in [3.8, 4) is 0 Å². The highest BCUT2D eigenvalue weighted by molar-refractivity contribution is 5.86. The summed E-state index contributed by atoms with van der Waals surface area (Å²) in [4.78, 5) is 28.3. The quantitative estimate of drug-likeness (QED) is 0.928. The van der Waals surface area contributed by atoms with Crippen molar-refractivity contribution >= 4 is 11.9 Å². The number of amides is 3. The molecule has 1 heterocycles. The summed E-state index contributed by atoms with van der Waals surface area (Å²) >= 11 is 0. The predicted octanol–water partition coefficient (Wildman–Crippen LogP) is 2.62. The van der Waals surface area contributed by atoms with Crippen molar-refractivity contribution in [3.63, 3.8) is 0 Å². The maximum atomic E-state index is 12.5. The number of hydrogen-bond acceptors (Lipinski definition) is 2. The predicted molar refractivity (Wildman–Crippen MR) is 90.9 cm³/mol. The molecule has 3 amide bonds. The molecule has 126 valence electrons. The number of likely N-dealkylation sites (tertiary alicyclic amines) is 1. The maximum Gasteiger partial charge on any atom is 0.318 e. The molecule has 1 aromatic carbocycles. The van der Waals surface area contributed by atoms with Crippen LogP contribution < -0.4 is 5.32 Å². The van der Waals surface area contributed by atoms with Gasteiger partial charge in [0, 0.05) is 26.2 Å². The Morgan fingerprint density at radius 1 is 1.30 bits per heavy atom. The highest BCUT2D eigenvalue weighted by Gasteiger charge is 2.28. The van der Waals surface area contributed by atoms with Crippen molar-refractivity contribution in [3.05, 3.63) is 35.9 Å². The minimum absolute atomic E-state index is 0.0126. The minimum Gasteiger partial charge on any atom is -0.338 e. The highest BCUT2D eigenvalue weighted by atomic mass is 16.2. The number of carbonyl (C=O) groups is 2. The first-order valence-electron chi connectivity index (χ1n) is 8.35. The van der Waals surface area contributed by atoms with Crippen LogP contribution in [0.4, 0.5) is 4.79 Å². The topological polar surface area (TPSA) is 52.7 Å². The Labute approximate surface area is 138 Å². The molecular formula is C18H27N3O2. The number of hydrogen-bond donors (Lipinski definition) is 1. The zero-order valence-corrected chi connectivity index (χ0v) is 14.3. The summed E-state index contributed by atoms with van der Waals surface area (Å²) < 4.78 is 0. The molecule has 1 aliphatic heterocycles. The molecule has 0 saturated carbocycles. The molecule has 2 atom stereocenters. The van der Waals surface area contributed by atoms with E-state index in [1.54, 1.807) is 18.9 Å². The Morgan fingerprint density at radius 3 is 2.65 bits per heavy atom. The monoisotopic (exact) mass is 317 g/mol. The summed E-state index contributed by atoms with van der Waals surface area (Å²) in [6, 6.07) is 9.35. The lowest BCUT2D eigenvalue weighted by Gasteiger charge is -2.35. The Morgan fingerprint density at radius 2 is 2.00 bits per heavy atom. The van der Waals surface area contributed by atoms with Crippen molar-refractivity contribution in [2.75, 3.05) is 13.6 Å². The molecule has 1 saturated heterocycles. The lowest BCUT2D eigenvalue weighted by atomic mass is 10.0. The van der Waals surface area contributed by atoms with Crippen LogP contribution >= 0.6 is 0 Å². The van der Waals surface area contributed by atoms with Gasteiger partial charge in [-0.2, -0.15) is 0 Å². The molecule has 0 radical (unpaired) electrons. The van der Waals surface area contributed by atoms with Crippen molar-refractivity contribution < 1.29 is 9.59 Å². The fraction of sp³-hybridized carbons (Fsp3) is 0.556. The number of benzene rings is 1. The largest absolute Gasteiger partial charge is 0.338 e. The summed E-state index contributed by atoms with van der Waals surface area (Å²) in [5, 5.41) is 2.81. The van der Waals surface area contributed by atoms with Crippen LogP contribution in [0, 0.1) is 0 Å². The maximum absolute atomic E-state index is 12.5. The number of nitrogens with one attached hydrogen (secondary N) is 1. The molecule has 0 unspecified atom stereocenters. The zero-order valence-electron chi connectivity index (χ0n) is 14.3. The van der Waals surface area contributed by atoms with Crippen LogP contribution in [0.5, 0.6) is 0 Å². The van der Waals surface area contributed by atoms with E-state index in [4.69, 9.17) is 0 Å². The Balaban J connectivity index is 1.87. The van der Waals surface area contributed by atoms with Crippen molar-refractivity contribution in [1.29, 1.82) is 0 Å². The molecule has 23 heavy (non-hydrogen) atoms. The SMILES string of the molecule is C[C@@H]1CCCCN1C(=O)[C@@H](C)NC(=O)N(C)Cc1ccccc1. The average molecular weight is 317 g/mol. The molecule has 5 nitrogen and oxygen atoms in total. The van der Waals surface area contributed by atoms with Gasteiger partial charge in [0.2, 0.25) is 5.91 Å². The van der Waals surface area contributed by atoms with Crippen molar-refractivity contribution in [1.82, 2.24) is 15.1 Å². The molecule has 1 fully saturated rings. The van der Waals surface area contributed by atoms with Gasteiger partial charge >= 0.3 is 6.03 Å². The Kier molecular flexibility index (Phi) is 6.02. The van der Waals surface area contributed by atoms with Crippen molar-refractivity contribution in [2.45, 2.75) is 51.7 Å². The minimum atomic E-state index is -0.499. The number of rotatable bonds is 4. The van der Waals surface area contributed by atoms with Gasteiger partial charge in [-0.3, -0.25) is 4.79 Å².